The number of carbonyl (C=O) groups is 1. The number of halogens is 1. The molecule has 0 aliphatic carbocycles. The molecule has 0 bridgehead atoms. The predicted molar refractivity (Wildman–Crippen MR) is 74.6 cm³/mol. The van der Waals surface area contributed by atoms with Crippen LogP contribution in [-0.2, 0) is 13.0 Å². The van der Waals surface area contributed by atoms with E-state index in [2.05, 4.69) is 10.3 Å². The van der Waals surface area contributed by atoms with Crippen molar-refractivity contribution in [2.45, 2.75) is 19.9 Å². The number of rotatable bonds is 1. The standard InChI is InChI=1S/C14H15FN4O2/c1-2-16-14(21)18-6-5-11-10(8-18)13(20)19-7-9(15)3-4-12(19)17-11/h3-4,7H,2,5-6,8H2,1H3,(H,16,21). The Balaban J connectivity index is 2.05. The molecule has 0 unspecified atom stereocenters. The van der Waals surface area contributed by atoms with Gasteiger partial charge in [-0.25, -0.2) is 14.2 Å². The normalized spacial score (nSPS) is 14.1. The Morgan fingerprint density at radius 3 is 3.05 bits per heavy atom. The lowest BCUT2D eigenvalue weighted by molar-refractivity contribution is 0.192. The van der Waals surface area contributed by atoms with Crippen molar-refractivity contribution in [2.24, 2.45) is 0 Å². The Kier molecular flexibility index (Phi) is 3.32. The van der Waals surface area contributed by atoms with Crippen molar-refractivity contribution < 1.29 is 9.18 Å². The molecule has 110 valence electrons. The first-order chi connectivity index (χ1) is 10.1. The molecule has 6 nitrogen and oxygen atoms in total. The lowest BCUT2D eigenvalue weighted by Gasteiger charge is -2.27. The van der Waals surface area contributed by atoms with Crippen LogP contribution in [0.1, 0.15) is 18.2 Å². The first-order valence-electron chi connectivity index (χ1n) is 6.82. The summed E-state index contributed by atoms with van der Waals surface area (Å²) in [5.41, 5.74) is 1.25. The van der Waals surface area contributed by atoms with E-state index in [1.165, 1.54) is 16.5 Å². The van der Waals surface area contributed by atoms with Gasteiger partial charge in [-0.15, -0.1) is 0 Å². The Hall–Kier alpha value is -2.44. The number of aromatic nitrogens is 2. The lowest BCUT2D eigenvalue weighted by atomic mass is 10.1. The van der Waals surface area contributed by atoms with Crippen LogP contribution in [0.25, 0.3) is 5.65 Å². The van der Waals surface area contributed by atoms with E-state index >= 15 is 0 Å². The highest BCUT2D eigenvalue weighted by Crippen LogP contribution is 2.15. The van der Waals surface area contributed by atoms with E-state index in [9.17, 15) is 14.0 Å². The van der Waals surface area contributed by atoms with E-state index in [1.54, 1.807) is 4.90 Å². The monoisotopic (exact) mass is 290 g/mol. The molecular weight excluding hydrogens is 275 g/mol. The van der Waals surface area contributed by atoms with Gasteiger partial charge in [-0.2, -0.15) is 0 Å². The van der Waals surface area contributed by atoms with Crippen LogP contribution in [-0.4, -0.2) is 33.4 Å². The first kappa shape index (κ1) is 13.5. The van der Waals surface area contributed by atoms with Crippen molar-refractivity contribution in [3.8, 4) is 0 Å². The second kappa shape index (κ2) is 5.16. The molecule has 0 aromatic carbocycles. The summed E-state index contributed by atoms with van der Waals surface area (Å²) in [7, 11) is 0. The van der Waals surface area contributed by atoms with Crippen LogP contribution in [0.4, 0.5) is 9.18 Å². The maximum atomic E-state index is 13.3. The second-order valence-corrected chi connectivity index (χ2v) is 4.92. The van der Waals surface area contributed by atoms with Gasteiger partial charge >= 0.3 is 6.03 Å². The smallest absolute Gasteiger partial charge is 0.317 e. The molecule has 0 saturated heterocycles. The number of carbonyl (C=O) groups excluding carboxylic acids is 1. The number of fused-ring (bicyclic) bond motifs is 2. The zero-order valence-corrected chi connectivity index (χ0v) is 11.6. The molecule has 2 amide bonds. The zero-order chi connectivity index (χ0) is 15.0. The highest BCUT2D eigenvalue weighted by atomic mass is 19.1. The Labute approximate surface area is 120 Å². The van der Waals surface area contributed by atoms with Crippen molar-refractivity contribution in [1.82, 2.24) is 19.6 Å². The molecule has 7 heteroatoms. The van der Waals surface area contributed by atoms with Gasteiger partial charge in [0.25, 0.3) is 5.56 Å². The highest BCUT2D eigenvalue weighted by Gasteiger charge is 2.24. The fourth-order valence-electron chi connectivity index (χ4n) is 2.51. The molecule has 1 aliphatic heterocycles. The number of hydrogen-bond donors (Lipinski definition) is 1. The molecule has 0 radical (unpaired) electrons. The number of urea groups is 1. The van der Waals surface area contributed by atoms with Gasteiger partial charge in [-0.3, -0.25) is 9.20 Å². The van der Waals surface area contributed by atoms with Crippen LogP contribution in [0.2, 0.25) is 0 Å². The van der Waals surface area contributed by atoms with Gasteiger partial charge < -0.3 is 10.2 Å². The minimum atomic E-state index is -0.497. The molecule has 2 aromatic rings. The molecule has 0 spiro atoms. The first-order valence-corrected chi connectivity index (χ1v) is 6.82. The molecule has 1 aliphatic rings. The van der Waals surface area contributed by atoms with E-state index in [-0.39, 0.29) is 18.1 Å². The van der Waals surface area contributed by atoms with Crippen molar-refractivity contribution in [2.75, 3.05) is 13.1 Å². The molecule has 0 atom stereocenters. The average molecular weight is 290 g/mol. The fraction of sp³-hybridized carbons (Fsp3) is 0.357. The van der Waals surface area contributed by atoms with Gasteiger partial charge in [0, 0.05) is 25.7 Å². The van der Waals surface area contributed by atoms with Crippen LogP contribution < -0.4 is 10.9 Å². The quantitative estimate of drug-likeness (QED) is 0.849. The van der Waals surface area contributed by atoms with Crippen LogP contribution in [0.15, 0.2) is 23.1 Å². The van der Waals surface area contributed by atoms with Crippen molar-refractivity contribution in [3.63, 3.8) is 0 Å². The third-order valence-electron chi connectivity index (χ3n) is 3.55. The summed E-state index contributed by atoms with van der Waals surface area (Å²) < 4.78 is 14.5. The van der Waals surface area contributed by atoms with E-state index in [0.29, 0.717) is 36.4 Å². The summed E-state index contributed by atoms with van der Waals surface area (Å²) in [6, 6.07) is 2.55. The van der Waals surface area contributed by atoms with Crippen LogP contribution in [0.5, 0.6) is 0 Å². The molecule has 1 N–H and O–H groups in total. The fourth-order valence-corrected chi connectivity index (χ4v) is 2.51. The Morgan fingerprint density at radius 1 is 1.48 bits per heavy atom. The van der Waals surface area contributed by atoms with E-state index in [4.69, 9.17) is 0 Å². The topological polar surface area (TPSA) is 66.7 Å². The number of nitrogens with zero attached hydrogens (tertiary/aromatic N) is 3. The molecule has 0 saturated carbocycles. The van der Waals surface area contributed by atoms with Gasteiger partial charge in [-0.05, 0) is 19.1 Å². The summed E-state index contributed by atoms with van der Waals surface area (Å²) in [6.45, 7) is 3.08. The second-order valence-electron chi connectivity index (χ2n) is 4.92. The lowest BCUT2D eigenvalue weighted by Crippen LogP contribution is -2.45. The maximum absolute atomic E-state index is 13.3. The Morgan fingerprint density at radius 2 is 2.29 bits per heavy atom. The number of nitrogens with one attached hydrogen (secondary N) is 1. The van der Waals surface area contributed by atoms with Crippen molar-refractivity contribution >= 4 is 11.7 Å². The zero-order valence-electron chi connectivity index (χ0n) is 11.6. The molecule has 3 rings (SSSR count). The van der Waals surface area contributed by atoms with Crippen molar-refractivity contribution in [1.29, 1.82) is 0 Å². The van der Waals surface area contributed by atoms with Gasteiger partial charge in [0.1, 0.15) is 11.5 Å². The summed E-state index contributed by atoms with van der Waals surface area (Å²) in [5.74, 6) is -0.497. The van der Waals surface area contributed by atoms with E-state index < -0.39 is 5.82 Å². The summed E-state index contributed by atoms with van der Waals surface area (Å²) in [5, 5.41) is 2.71. The summed E-state index contributed by atoms with van der Waals surface area (Å²) in [4.78, 5) is 30.3. The van der Waals surface area contributed by atoms with Gasteiger partial charge in [0.15, 0.2) is 0 Å². The summed E-state index contributed by atoms with van der Waals surface area (Å²) in [6.07, 6.45) is 1.64. The number of hydrogen-bond acceptors (Lipinski definition) is 3. The van der Waals surface area contributed by atoms with E-state index in [1.807, 2.05) is 6.92 Å². The largest absolute Gasteiger partial charge is 0.338 e. The molecule has 2 aromatic heterocycles. The van der Waals surface area contributed by atoms with Gasteiger partial charge in [0.2, 0.25) is 0 Å². The number of pyridine rings is 1. The maximum Gasteiger partial charge on any atom is 0.317 e. The molecule has 3 heterocycles. The van der Waals surface area contributed by atoms with Crippen LogP contribution in [0.3, 0.4) is 0 Å². The Bertz CT molecular complexity index is 771. The van der Waals surface area contributed by atoms with E-state index in [0.717, 1.165) is 6.20 Å². The number of amides is 2. The SMILES string of the molecule is CCNC(=O)N1CCc2nc3ccc(F)cn3c(=O)c2C1. The third-order valence-corrected chi connectivity index (χ3v) is 3.55. The average Bonchev–Trinajstić information content (AvgIpc) is 2.48. The van der Waals surface area contributed by atoms with Crippen LogP contribution in [0, 0.1) is 5.82 Å². The third kappa shape index (κ3) is 2.35. The molecular formula is C14H15FN4O2. The van der Waals surface area contributed by atoms with Gasteiger partial charge in [0.05, 0.1) is 17.8 Å². The van der Waals surface area contributed by atoms with Gasteiger partial charge in [-0.1, -0.05) is 0 Å². The minimum absolute atomic E-state index is 0.201. The van der Waals surface area contributed by atoms with Crippen LogP contribution >= 0.6 is 0 Å². The van der Waals surface area contributed by atoms with Crippen molar-refractivity contribution in [3.05, 3.63) is 45.8 Å². The summed E-state index contributed by atoms with van der Waals surface area (Å²) >= 11 is 0. The predicted octanol–water partition coefficient (Wildman–Crippen LogP) is 0.921. The molecule has 0 fully saturated rings. The molecule has 21 heavy (non-hydrogen) atoms. The minimum Gasteiger partial charge on any atom is -0.338 e. The highest BCUT2D eigenvalue weighted by molar-refractivity contribution is 5.74.